The molecule has 162 valence electrons. The van der Waals surface area contributed by atoms with Gasteiger partial charge in [0.1, 0.15) is 5.52 Å². The Bertz CT molecular complexity index is 1280. The molecule has 0 atom stereocenters. The number of benzene rings is 3. The van der Waals surface area contributed by atoms with Gasteiger partial charge in [-0.05, 0) is 61.9 Å². The monoisotopic (exact) mass is 447 g/mol. The van der Waals surface area contributed by atoms with Crippen molar-refractivity contribution in [2.24, 2.45) is 0 Å². The van der Waals surface area contributed by atoms with E-state index in [1.165, 1.54) is 0 Å². The Labute approximate surface area is 190 Å². The quantitative estimate of drug-likeness (QED) is 0.454. The van der Waals surface area contributed by atoms with Gasteiger partial charge in [0.2, 0.25) is 0 Å². The third kappa shape index (κ3) is 4.78. The molecule has 0 spiro atoms. The molecule has 7 nitrogen and oxygen atoms in total. The highest BCUT2D eigenvalue weighted by atomic mass is 35.5. The van der Waals surface area contributed by atoms with Gasteiger partial charge in [0.05, 0.1) is 22.8 Å². The molecule has 0 bridgehead atoms. The molecule has 2 N–H and O–H groups in total. The zero-order valence-corrected chi connectivity index (χ0v) is 18.4. The van der Waals surface area contributed by atoms with Gasteiger partial charge in [0.25, 0.3) is 11.8 Å². The number of aromatic nitrogens is 3. The molecule has 0 fully saturated rings. The zero-order valence-electron chi connectivity index (χ0n) is 17.7. The van der Waals surface area contributed by atoms with Gasteiger partial charge in [-0.15, -0.1) is 5.10 Å². The van der Waals surface area contributed by atoms with E-state index in [4.69, 9.17) is 11.6 Å². The van der Waals surface area contributed by atoms with E-state index in [1.807, 2.05) is 54.9 Å². The summed E-state index contributed by atoms with van der Waals surface area (Å²) in [5, 5.41) is 14.3. The van der Waals surface area contributed by atoms with Crippen LogP contribution in [0.1, 0.15) is 40.1 Å². The first kappa shape index (κ1) is 21.5. The molecule has 0 aliphatic carbocycles. The van der Waals surface area contributed by atoms with Crippen LogP contribution in [0.25, 0.3) is 11.0 Å². The predicted octanol–water partition coefficient (Wildman–Crippen LogP) is 4.52. The van der Waals surface area contributed by atoms with Gasteiger partial charge in [0.15, 0.2) is 0 Å². The van der Waals surface area contributed by atoms with Crippen molar-refractivity contribution in [2.75, 3.05) is 5.32 Å². The molecule has 3 aromatic carbocycles. The third-order valence-electron chi connectivity index (χ3n) is 4.87. The fourth-order valence-corrected chi connectivity index (χ4v) is 3.44. The third-order valence-corrected chi connectivity index (χ3v) is 5.19. The van der Waals surface area contributed by atoms with Crippen LogP contribution in [0.15, 0.2) is 66.7 Å². The normalized spacial score (nSPS) is 11.0. The molecule has 8 heteroatoms. The minimum atomic E-state index is -0.314. The van der Waals surface area contributed by atoms with Crippen molar-refractivity contribution in [2.45, 2.75) is 26.4 Å². The average molecular weight is 448 g/mol. The molecule has 0 aliphatic rings. The number of nitrogens with zero attached hydrogens (tertiary/aromatic N) is 3. The summed E-state index contributed by atoms with van der Waals surface area (Å²) in [7, 11) is 0. The van der Waals surface area contributed by atoms with Crippen molar-refractivity contribution in [3.63, 3.8) is 0 Å². The molecule has 4 rings (SSSR count). The van der Waals surface area contributed by atoms with Crippen LogP contribution in [0.2, 0.25) is 5.02 Å². The maximum atomic E-state index is 12.7. The first-order valence-corrected chi connectivity index (χ1v) is 10.6. The fourth-order valence-electron chi connectivity index (χ4n) is 3.27. The van der Waals surface area contributed by atoms with Crippen LogP contribution in [-0.4, -0.2) is 32.9 Å². The topological polar surface area (TPSA) is 88.9 Å². The number of para-hydroxylation sites is 1. The van der Waals surface area contributed by atoms with E-state index < -0.39 is 0 Å². The van der Waals surface area contributed by atoms with Gasteiger partial charge in [0, 0.05) is 17.2 Å². The van der Waals surface area contributed by atoms with Crippen molar-refractivity contribution in [1.29, 1.82) is 0 Å². The largest absolute Gasteiger partial charge is 0.350 e. The van der Waals surface area contributed by atoms with E-state index in [1.54, 1.807) is 30.3 Å². The summed E-state index contributed by atoms with van der Waals surface area (Å²) in [6.45, 7) is 4.30. The van der Waals surface area contributed by atoms with Gasteiger partial charge < -0.3 is 10.6 Å². The van der Waals surface area contributed by atoms with Crippen LogP contribution in [0.5, 0.6) is 0 Å². The lowest BCUT2D eigenvalue weighted by Crippen LogP contribution is -2.30. The number of carbonyl (C=O) groups is 2. The summed E-state index contributed by atoms with van der Waals surface area (Å²) in [6, 6.07) is 19.8. The summed E-state index contributed by atoms with van der Waals surface area (Å²) in [6.07, 6.45) is 0. The molecule has 0 radical (unpaired) electrons. The molecule has 4 aromatic rings. The summed E-state index contributed by atoms with van der Waals surface area (Å²) in [5.74, 6) is -0.539. The van der Waals surface area contributed by atoms with Crippen molar-refractivity contribution in [3.8, 4) is 0 Å². The lowest BCUT2D eigenvalue weighted by Gasteiger charge is -2.12. The molecular weight excluding hydrogens is 426 g/mol. The van der Waals surface area contributed by atoms with E-state index in [9.17, 15) is 9.59 Å². The fraction of sp³-hybridized carbons (Fsp3) is 0.167. The number of anilines is 1. The highest BCUT2D eigenvalue weighted by molar-refractivity contribution is 6.34. The second-order valence-corrected chi connectivity index (χ2v) is 8.12. The predicted molar refractivity (Wildman–Crippen MR) is 125 cm³/mol. The molecule has 1 heterocycles. The van der Waals surface area contributed by atoms with Gasteiger partial charge in [-0.2, -0.15) is 0 Å². The van der Waals surface area contributed by atoms with Crippen molar-refractivity contribution >= 4 is 40.1 Å². The molecule has 1 aromatic heterocycles. The molecule has 0 saturated heterocycles. The van der Waals surface area contributed by atoms with E-state index in [0.29, 0.717) is 28.4 Å². The van der Waals surface area contributed by atoms with Crippen LogP contribution in [0.3, 0.4) is 0 Å². The van der Waals surface area contributed by atoms with Gasteiger partial charge in [-0.1, -0.05) is 41.1 Å². The maximum absolute atomic E-state index is 12.7. The van der Waals surface area contributed by atoms with E-state index in [2.05, 4.69) is 20.9 Å². The summed E-state index contributed by atoms with van der Waals surface area (Å²) < 4.78 is 1.82. The number of rotatable bonds is 6. The number of hydrogen-bond acceptors (Lipinski definition) is 4. The average Bonchev–Trinajstić information content (AvgIpc) is 3.18. The molecule has 0 aliphatic heterocycles. The molecule has 2 amide bonds. The second-order valence-electron chi connectivity index (χ2n) is 7.71. The Morgan fingerprint density at radius 2 is 1.69 bits per heavy atom. The highest BCUT2D eigenvalue weighted by Crippen LogP contribution is 2.24. The molecule has 0 saturated carbocycles. The highest BCUT2D eigenvalue weighted by Gasteiger charge is 2.13. The standard InChI is InChI=1S/C24H22ClN5O2/c1-15(2)26-24(32)18-11-12-19(25)21(13-18)27-23(31)17-9-7-16(8-10-17)14-30-22-6-4-3-5-20(22)28-29-30/h3-13,15H,14H2,1-2H3,(H,26,32)(H,27,31). The van der Waals surface area contributed by atoms with Crippen molar-refractivity contribution in [3.05, 3.63) is 88.4 Å². The molecule has 0 unspecified atom stereocenters. The lowest BCUT2D eigenvalue weighted by atomic mass is 10.1. The number of nitrogens with one attached hydrogen (secondary N) is 2. The Hall–Kier alpha value is -3.71. The minimum Gasteiger partial charge on any atom is -0.350 e. The van der Waals surface area contributed by atoms with Crippen LogP contribution in [0, 0.1) is 0 Å². The molecule has 32 heavy (non-hydrogen) atoms. The first-order chi connectivity index (χ1) is 15.4. The van der Waals surface area contributed by atoms with Crippen LogP contribution in [-0.2, 0) is 6.54 Å². The number of halogens is 1. The Morgan fingerprint density at radius 3 is 2.44 bits per heavy atom. The minimum absolute atomic E-state index is 0.00486. The van der Waals surface area contributed by atoms with Gasteiger partial charge >= 0.3 is 0 Å². The van der Waals surface area contributed by atoms with E-state index in [-0.39, 0.29) is 17.9 Å². The molecular formula is C24H22ClN5O2. The van der Waals surface area contributed by atoms with Crippen LogP contribution in [0.4, 0.5) is 5.69 Å². The summed E-state index contributed by atoms with van der Waals surface area (Å²) in [5.41, 5.74) is 4.06. The second kappa shape index (κ2) is 9.20. The zero-order chi connectivity index (χ0) is 22.7. The van der Waals surface area contributed by atoms with Crippen LogP contribution < -0.4 is 10.6 Å². The van der Waals surface area contributed by atoms with E-state index in [0.717, 1.165) is 16.6 Å². The van der Waals surface area contributed by atoms with Gasteiger partial charge in [-0.25, -0.2) is 4.68 Å². The Balaban J connectivity index is 1.47. The van der Waals surface area contributed by atoms with Crippen LogP contribution >= 0.6 is 11.6 Å². The first-order valence-electron chi connectivity index (χ1n) is 10.2. The summed E-state index contributed by atoms with van der Waals surface area (Å²) in [4.78, 5) is 25.0. The van der Waals surface area contributed by atoms with Crippen molar-refractivity contribution in [1.82, 2.24) is 20.3 Å². The summed E-state index contributed by atoms with van der Waals surface area (Å²) >= 11 is 6.23. The number of fused-ring (bicyclic) bond motifs is 1. The Kier molecular flexibility index (Phi) is 6.18. The van der Waals surface area contributed by atoms with Crippen molar-refractivity contribution < 1.29 is 9.59 Å². The SMILES string of the molecule is CC(C)NC(=O)c1ccc(Cl)c(NC(=O)c2ccc(Cn3nnc4ccccc43)cc2)c1. The number of amides is 2. The van der Waals surface area contributed by atoms with Gasteiger partial charge in [-0.3, -0.25) is 9.59 Å². The lowest BCUT2D eigenvalue weighted by molar-refractivity contribution is 0.0942. The van der Waals surface area contributed by atoms with E-state index >= 15 is 0 Å². The Morgan fingerprint density at radius 1 is 0.969 bits per heavy atom. The smallest absolute Gasteiger partial charge is 0.255 e. The maximum Gasteiger partial charge on any atom is 0.255 e. The number of carbonyl (C=O) groups excluding carboxylic acids is 2. The number of hydrogen-bond donors (Lipinski definition) is 2.